The van der Waals surface area contributed by atoms with Crippen LogP contribution in [-0.4, -0.2) is 46.2 Å². The molecule has 7 heteroatoms. The molecule has 1 saturated heterocycles. The van der Waals surface area contributed by atoms with Gasteiger partial charge >= 0.3 is 0 Å². The topological polar surface area (TPSA) is 93.1 Å². The van der Waals surface area contributed by atoms with Crippen LogP contribution >= 0.6 is 15.9 Å². The van der Waals surface area contributed by atoms with Gasteiger partial charge in [-0.2, -0.15) is 0 Å². The Balaban J connectivity index is 1.37. The summed E-state index contributed by atoms with van der Waals surface area (Å²) in [5, 5.41) is 22.4. The molecule has 1 aromatic rings. The number of aliphatic hydroxyl groups is 2. The molecule has 4 fully saturated rings. The van der Waals surface area contributed by atoms with E-state index in [1.165, 1.54) is 0 Å². The summed E-state index contributed by atoms with van der Waals surface area (Å²) >= 11 is 3.47. The summed E-state index contributed by atoms with van der Waals surface area (Å²) in [6.45, 7) is 3.65. The molecule has 2 N–H and O–H groups in total. The third kappa shape index (κ3) is 3.29. The Morgan fingerprint density at radius 3 is 2.64 bits per heavy atom. The van der Waals surface area contributed by atoms with E-state index in [4.69, 9.17) is 9.47 Å². The van der Waals surface area contributed by atoms with Crippen LogP contribution in [0.5, 0.6) is 0 Å². The molecular weight excluding hydrogens is 524 g/mol. The highest BCUT2D eigenvalue weighted by Gasteiger charge is 2.73. The molecule has 1 heterocycles. The molecule has 3 saturated carbocycles. The van der Waals surface area contributed by atoms with Crippen LogP contribution in [0.3, 0.4) is 0 Å². The maximum atomic E-state index is 13.4. The Hall–Kier alpha value is -1.64. The minimum absolute atomic E-state index is 0.0102. The molecule has 9 atom stereocenters. The number of rotatable bonds is 4. The highest BCUT2D eigenvalue weighted by atomic mass is 79.9. The van der Waals surface area contributed by atoms with Gasteiger partial charge < -0.3 is 19.7 Å². The second-order valence-corrected chi connectivity index (χ2v) is 12.4. The first-order valence-electron chi connectivity index (χ1n) is 12.9. The molecule has 36 heavy (non-hydrogen) atoms. The zero-order valence-corrected chi connectivity index (χ0v) is 22.2. The number of alkyl halides is 1. The van der Waals surface area contributed by atoms with Crippen molar-refractivity contribution in [3.05, 3.63) is 59.2 Å². The third-order valence-corrected chi connectivity index (χ3v) is 10.7. The van der Waals surface area contributed by atoms with Gasteiger partial charge in [0.1, 0.15) is 12.7 Å². The van der Waals surface area contributed by atoms with Crippen LogP contribution in [0.2, 0.25) is 0 Å². The summed E-state index contributed by atoms with van der Waals surface area (Å²) in [5.74, 6) is -0.146. The number of hydrogen-bond donors (Lipinski definition) is 2. The van der Waals surface area contributed by atoms with Crippen molar-refractivity contribution in [2.75, 3.05) is 6.61 Å². The lowest BCUT2D eigenvalue weighted by Crippen LogP contribution is -2.57. The number of aliphatic hydroxyl groups excluding tert-OH is 2. The predicted molar refractivity (Wildman–Crippen MR) is 136 cm³/mol. The summed E-state index contributed by atoms with van der Waals surface area (Å²) in [5.41, 5.74) is 0.955. The molecule has 0 unspecified atom stereocenters. The monoisotopic (exact) mass is 556 g/mol. The Morgan fingerprint density at radius 1 is 1.19 bits per heavy atom. The van der Waals surface area contributed by atoms with Gasteiger partial charge in [0.05, 0.1) is 6.10 Å². The van der Waals surface area contributed by atoms with Crippen LogP contribution in [0.1, 0.15) is 56.9 Å². The van der Waals surface area contributed by atoms with Crippen molar-refractivity contribution >= 4 is 27.5 Å². The fourth-order valence-corrected chi connectivity index (χ4v) is 8.82. The molecule has 1 aromatic carbocycles. The van der Waals surface area contributed by atoms with Crippen LogP contribution < -0.4 is 0 Å². The van der Waals surface area contributed by atoms with E-state index in [0.29, 0.717) is 12.8 Å². The lowest BCUT2D eigenvalue weighted by molar-refractivity contribution is -0.165. The number of benzene rings is 1. The molecule has 0 spiro atoms. The molecule has 0 radical (unpaired) electrons. The zero-order valence-electron chi connectivity index (χ0n) is 20.7. The van der Waals surface area contributed by atoms with E-state index in [2.05, 4.69) is 29.8 Å². The Labute approximate surface area is 219 Å². The second-order valence-electron chi connectivity index (χ2n) is 11.8. The summed E-state index contributed by atoms with van der Waals surface area (Å²) in [6, 6.07) is 7.91. The Morgan fingerprint density at radius 2 is 1.94 bits per heavy atom. The van der Waals surface area contributed by atoms with Gasteiger partial charge in [-0.25, -0.2) is 0 Å². The lowest BCUT2D eigenvalue weighted by Gasteiger charge is -2.58. The number of fused-ring (bicyclic) bond motifs is 7. The number of carbonyl (C=O) groups excluding carboxylic acids is 2. The molecule has 4 aliphatic carbocycles. The van der Waals surface area contributed by atoms with E-state index >= 15 is 0 Å². The minimum Gasteiger partial charge on any atom is -0.393 e. The predicted octanol–water partition coefficient (Wildman–Crippen LogP) is 4.18. The fourth-order valence-electron chi connectivity index (χ4n) is 8.45. The van der Waals surface area contributed by atoms with E-state index in [9.17, 15) is 19.8 Å². The quantitative estimate of drug-likeness (QED) is 0.540. The van der Waals surface area contributed by atoms with Gasteiger partial charge in [0.15, 0.2) is 23.5 Å². The standard InChI is InChI=1S/C29H33BrO6/c1-27-10-9-19(32)11-18(27)7-8-20-21-12-29(23(34)15-31)26(28(21,2)13-22(33)24(20)27)35-25(36-29)17-5-3-16(14-30)4-6-17/h3-6,9-11,20-22,24-26,31,33H,7-8,12-15H2,1-2H3/t20-,21-,22-,24+,25-,26-,27-,28-,29-/m0/s1. The smallest absolute Gasteiger partial charge is 0.192 e. The summed E-state index contributed by atoms with van der Waals surface area (Å²) in [6.07, 6.45) is 6.08. The number of ether oxygens (including phenoxy) is 2. The van der Waals surface area contributed by atoms with E-state index < -0.39 is 36.1 Å². The number of Topliss-reactive ketones (excluding diaryl/α,β-unsaturated/α-hetero) is 1. The summed E-state index contributed by atoms with van der Waals surface area (Å²) in [7, 11) is 0. The van der Waals surface area contributed by atoms with Gasteiger partial charge in [-0.05, 0) is 55.2 Å². The Bertz CT molecular complexity index is 1160. The molecule has 0 amide bonds. The van der Waals surface area contributed by atoms with Gasteiger partial charge in [-0.15, -0.1) is 0 Å². The summed E-state index contributed by atoms with van der Waals surface area (Å²) in [4.78, 5) is 25.4. The van der Waals surface area contributed by atoms with Gasteiger partial charge in [-0.1, -0.05) is 65.7 Å². The van der Waals surface area contributed by atoms with Crippen LogP contribution in [0.4, 0.5) is 0 Å². The van der Waals surface area contributed by atoms with E-state index in [1.807, 2.05) is 30.3 Å². The molecule has 192 valence electrons. The molecular formula is C29H33BrO6. The third-order valence-electron chi connectivity index (χ3n) is 10.1. The van der Waals surface area contributed by atoms with E-state index in [-0.39, 0.29) is 34.7 Å². The number of ketones is 2. The average Bonchev–Trinajstić information content (AvgIpc) is 3.37. The maximum absolute atomic E-state index is 13.4. The van der Waals surface area contributed by atoms with Crippen molar-refractivity contribution in [3.63, 3.8) is 0 Å². The molecule has 1 aliphatic heterocycles. The SMILES string of the molecule is C[C@]12C[C@H](O)[C@H]3[C@@H](CCC4=CC(=O)C=C[C@@]43C)[C@@H]1C[C@@]1(C(=O)CO)O[C@@H](c3ccc(CBr)cc3)O[C@@H]21. The first-order valence-corrected chi connectivity index (χ1v) is 14.0. The van der Waals surface area contributed by atoms with Gasteiger partial charge in [-0.3, -0.25) is 9.59 Å². The zero-order chi connectivity index (χ0) is 25.5. The average molecular weight is 557 g/mol. The largest absolute Gasteiger partial charge is 0.393 e. The number of hydrogen-bond acceptors (Lipinski definition) is 6. The highest BCUT2D eigenvalue weighted by Crippen LogP contribution is 2.69. The van der Waals surface area contributed by atoms with Gasteiger partial charge in [0.25, 0.3) is 0 Å². The number of allylic oxidation sites excluding steroid dienone is 4. The van der Waals surface area contributed by atoms with Crippen LogP contribution in [0.15, 0.2) is 48.1 Å². The van der Waals surface area contributed by atoms with E-state index in [1.54, 1.807) is 12.2 Å². The molecule has 0 aromatic heterocycles. The van der Waals surface area contributed by atoms with Crippen molar-refractivity contribution in [2.24, 2.45) is 28.6 Å². The highest BCUT2D eigenvalue weighted by molar-refractivity contribution is 9.08. The molecule has 0 bridgehead atoms. The van der Waals surface area contributed by atoms with Crippen LogP contribution in [-0.2, 0) is 24.4 Å². The van der Waals surface area contributed by atoms with Gasteiger partial charge in [0, 0.05) is 27.6 Å². The normalized spacial score (nSPS) is 44.9. The van der Waals surface area contributed by atoms with Crippen molar-refractivity contribution in [3.8, 4) is 0 Å². The van der Waals surface area contributed by atoms with Crippen molar-refractivity contribution in [1.82, 2.24) is 0 Å². The van der Waals surface area contributed by atoms with Crippen molar-refractivity contribution in [1.29, 1.82) is 0 Å². The second kappa shape index (κ2) is 8.43. The summed E-state index contributed by atoms with van der Waals surface area (Å²) < 4.78 is 13.1. The lowest BCUT2D eigenvalue weighted by atomic mass is 9.47. The van der Waals surface area contributed by atoms with E-state index in [0.717, 1.165) is 34.9 Å². The van der Waals surface area contributed by atoms with Crippen LogP contribution in [0, 0.1) is 28.6 Å². The first kappa shape index (κ1) is 24.7. The molecule has 6 nitrogen and oxygen atoms in total. The van der Waals surface area contributed by atoms with Crippen molar-refractivity contribution in [2.45, 2.75) is 69.0 Å². The number of halogens is 1. The minimum atomic E-state index is -1.24. The number of carbonyl (C=O) groups is 2. The first-order chi connectivity index (χ1) is 17.2. The molecule has 6 rings (SSSR count). The fraction of sp³-hybridized carbons (Fsp3) is 0.586. The molecule has 5 aliphatic rings. The van der Waals surface area contributed by atoms with Crippen molar-refractivity contribution < 1.29 is 29.3 Å². The Kier molecular flexibility index (Phi) is 5.78. The van der Waals surface area contributed by atoms with Gasteiger partial charge in [0.2, 0.25) is 0 Å². The maximum Gasteiger partial charge on any atom is 0.192 e. The van der Waals surface area contributed by atoms with Crippen LogP contribution in [0.25, 0.3) is 0 Å².